The number of aromatic nitrogens is 2. The lowest BCUT2D eigenvalue weighted by Crippen LogP contribution is -2.33. The zero-order valence-corrected chi connectivity index (χ0v) is 10.1. The van der Waals surface area contributed by atoms with Gasteiger partial charge in [-0.3, -0.25) is 0 Å². The first kappa shape index (κ1) is 10.6. The number of hydrogen-bond acceptors (Lipinski definition) is 2. The third-order valence-corrected chi connectivity index (χ3v) is 1.97. The summed E-state index contributed by atoms with van der Waals surface area (Å²) in [5.41, 5.74) is 1.09. The molecule has 0 bridgehead atoms. The van der Waals surface area contributed by atoms with Gasteiger partial charge in [-0.25, -0.2) is 9.97 Å². The van der Waals surface area contributed by atoms with Crippen LogP contribution in [-0.2, 0) is 0 Å². The summed E-state index contributed by atoms with van der Waals surface area (Å²) in [7, 11) is 0. The molecule has 0 unspecified atom stereocenters. The largest absolute Gasteiger partial charge is 0.241 e. The van der Waals surface area contributed by atoms with Crippen molar-refractivity contribution in [3.05, 3.63) is 22.6 Å². The molecule has 1 heterocycles. The zero-order chi connectivity index (χ0) is 9.68. The van der Waals surface area contributed by atoms with E-state index in [1.54, 1.807) is 6.33 Å². The van der Waals surface area contributed by atoms with E-state index >= 15 is 0 Å². The summed E-state index contributed by atoms with van der Waals surface area (Å²) in [6.45, 7) is 2.02. The minimum Gasteiger partial charge on any atom is -0.241 e. The fourth-order valence-electron chi connectivity index (χ4n) is 1.36. The predicted molar refractivity (Wildman–Crippen MR) is 64.1 cm³/mol. The van der Waals surface area contributed by atoms with Crippen LogP contribution in [0.1, 0.15) is 18.5 Å². The quantitative estimate of drug-likeness (QED) is 0.529. The minimum absolute atomic E-state index is 1.09. The van der Waals surface area contributed by atoms with Crippen molar-refractivity contribution in [1.29, 1.82) is 0 Å². The van der Waals surface area contributed by atoms with E-state index in [0.717, 1.165) is 23.9 Å². The van der Waals surface area contributed by atoms with Gasteiger partial charge < -0.3 is 0 Å². The Morgan fingerprint density at radius 1 is 1.15 bits per heavy atom. The molecule has 0 spiro atoms. The van der Waals surface area contributed by atoms with Gasteiger partial charge in [-0.15, -0.1) is 0 Å². The van der Waals surface area contributed by atoms with Crippen LogP contribution in [0.5, 0.6) is 0 Å². The summed E-state index contributed by atoms with van der Waals surface area (Å²) < 4.78 is 0. The van der Waals surface area contributed by atoms with E-state index in [2.05, 4.69) is 44.7 Å². The molecule has 3 heteroatoms. The molecule has 0 saturated heterocycles. The van der Waals surface area contributed by atoms with E-state index in [1.165, 1.54) is 5.22 Å². The lowest BCUT2D eigenvalue weighted by Gasteiger charge is -1.99. The number of hydrogen-bond donors (Lipinski definition) is 0. The highest BCUT2D eigenvalue weighted by Crippen LogP contribution is 1.93. The molecule has 2 rings (SSSR count). The van der Waals surface area contributed by atoms with Crippen LogP contribution in [0.2, 0.25) is 0 Å². The first-order valence-corrected chi connectivity index (χ1v) is 6.39. The van der Waals surface area contributed by atoms with Crippen molar-refractivity contribution < 1.29 is 0 Å². The van der Waals surface area contributed by atoms with E-state index in [9.17, 15) is 0 Å². The van der Waals surface area contributed by atoms with Gasteiger partial charge in [-0.2, -0.15) is 0 Å². The Morgan fingerprint density at radius 3 is 2.54 bits per heavy atom. The molecular weight excluding hydrogens is 275 g/mol. The van der Waals surface area contributed by atoms with Crippen LogP contribution in [0.3, 0.4) is 0 Å². The Hall–Kier alpha value is -0.450. The molecule has 1 aliphatic rings. The van der Waals surface area contributed by atoms with Gasteiger partial charge in [0.25, 0.3) is 0 Å². The lowest BCUT2D eigenvalue weighted by molar-refractivity contribution is 0.997. The van der Waals surface area contributed by atoms with Crippen molar-refractivity contribution in [2.75, 3.05) is 4.93 Å². The molecule has 1 aromatic rings. The zero-order valence-electron chi connectivity index (χ0n) is 7.92. The Morgan fingerprint density at radius 2 is 1.85 bits per heavy atom. The van der Waals surface area contributed by atoms with E-state index in [1.807, 2.05) is 11.9 Å². The molecule has 0 aliphatic heterocycles. The second-order valence-corrected chi connectivity index (χ2v) is 2.74. The van der Waals surface area contributed by atoms with Crippen molar-refractivity contribution in [3.8, 4) is 0 Å². The highest BCUT2D eigenvalue weighted by atomic mass is 127. The summed E-state index contributed by atoms with van der Waals surface area (Å²) in [4.78, 5) is 10.3. The first-order valence-electron chi connectivity index (χ1n) is 4.24. The number of alkyl halides is 1. The average molecular weight is 288 g/mol. The molecule has 0 amide bonds. The molecule has 0 saturated carbocycles. The summed E-state index contributed by atoms with van der Waals surface area (Å²) in [6.07, 6.45) is 8.25. The monoisotopic (exact) mass is 288 g/mol. The van der Waals surface area contributed by atoms with Gasteiger partial charge in [-0.05, 0) is 24.7 Å². The van der Waals surface area contributed by atoms with Crippen LogP contribution in [-0.4, -0.2) is 14.9 Å². The molecule has 0 atom stereocenters. The van der Waals surface area contributed by atoms with Crippen LogP contribution in [0.15, 0.2) is 6.33 Å². The third kappa shape index (κ3) is 2.49. The number of nitrogens with zero attached hydrogens (tertiary/aromatic N) is 2. The molecule has 0 radical (unpaired) electrons. The maximum atomic E-state index is 4.18. The highest BCUT2D eigenvalue weighted by Gasteiger charge is 1.96. The number of rotatable bonds is 0. The third-order valence-electron chi connectivity index (χ3n) is 1.97. The standard InChI is InChI=1S/C9H10N2.CH3I/c1-7-8-4-2-3-5-9(8)11-6-10-7;1-2/h4-6H,2-3H2,1H3;1H3. The van der Waals surface area contributed by atoms with Gasteiger partial charge >= 0.3 is 0 Å². The van der Waals surface area contributed by atoms with E-state index in [4.69, 9.17) is 0 Å². The van der Waals surface area contributed by atoms with Crippen LogP contribution in [0, 0.1) is 6.92 Å². The molecule has 0 aromatic carbocycles. The number of fused-ring (bicyclic) bond motifs is 1. The molecule has 70 valence electrons. The van der Waals surface area contributed by atoms with E-state index < -0.39 is 0 Å². The van der Waals surface area contributed by atoms with Crippen molar-refractivity contribution >= 4 is 34.7 Å². The second kappa shape index (κ2) is 5.32. The molecule has 13 heavy (non-hydrogen) atoms. The highest BCUT2D eigenvalue weighted by molar-refractivity contribution is 14.1. The molecular formula is C10H13IN2. The van der Waals surface area contributed by atoms with E-state index in [0.29, 0.717) is 0 Å². The van der Waals surface area contributed by atoms with Crippen molar-refractivity contribution in [2.45, 2.75) is 19.8 Å². The summed E-state index contributed by atoms with van der Waals surface area (Å²) >= 11 is 2.15. The smallest absolute Gasteiger partial charge is 0.116 e. The summed E-state index contributed by atoms with van der Waals surface area (Å²) in [5, 5.41) is 2.32. The van der Waals surface area contributed by atoms with Crippen LogP contribution in [0.4, 0.5) is 0 Å². The van der Waals surface area contributed by atoms with Gasteiger partial charge in [0.15, 0.2) is 0 Å². The Kier molecular flexibility index (Phi) is 4.35. The van der Waals surface area contributed by atoms with Crippen LogP contribution < -0.4 is 10.6 Å². The van der Waals surface area contributed by atoms with Crippen LogP contribution >= 0.6 is 22.6 Å². The van der Waals surface area contributed by atoms with Gasteiger partial charge in [0.1, 0.15) is 6.33 Å². The topological polar surface area (TPSA) is 25.8 Å². The van der Waals surface area contributed by atoms with Gasteiger partial charge in [0.05, 0.1) is 5.35 Å². The first-order chi connectivity index (χ1) is 6.38. The molecule has 0 fully saturated rings. The van der Waals surface area contributed by atoms with Crippen molar-refractivity contribution in [2.24, 2.45) is 0 Å². The van der Waals surface area contributed by atoms with E-state index in [-0.39, 0.29) is 0 Å². The molecule has 1 aromatic heterocycles. The number of aryl methyl sites for hydroxylation is 1. The molecule has 2 nitrogen and oxygen atoms in total. The number of halogens is 1. The molecule has 1 aliphatic carbocycles. The second-order valence-electron chi connectivity index (χ2n) is 2.74. The Bertz CT molecular complexity index is 384. The fourth-order valence-corrected chi connectivity index (χ4v) is 1.36. The maximum absolute atomic E-state index is 4.18. The van der Waals surface area contributed by atoms with Gasteiger partial charge in [-0.1, -0.05) is 34.7 Å². The molecule has 0 N–H and O–H groups in total. The summed E-state index contributed by atoms with van der Waals surface area (Å²) in [6, 6.07) is 0. The Labute approximate surface area is 91.9 Å². The van der Waals surface area contributed by atoms with Crippen LogP contribution in [0.25, 0.3) is 12.2 Å². The maximum Gasteiger partial charge on any atom is 0.116 e. The SMILES string of the molecule is CI.Cc1ncnc2c1=CCCC=2. The van der Waals surface area contributed by atoms with Crippen molar-refractivity contribution in [1.82, 2.24) is 9.97 Å². The van der Waals surface area contributed by atoms with Gasteiger partial charge in [0.2, 0.25) is 0 Å². The summed E-state index contributed by atoms with van der Waals surface area (Å²) in [5.74, 6) is 0. The van der Waals surface area contributed by atoms with Crippen molar-refractivity contribution in [3.63, 3.8) is 0 Å². The van der Waals surface area contributed by atoms with Gasteiger partial charge in [0, 0.05) is 10.9 Å². The lowest BCUT2D eigenvalue weighted by atomic mass is 10.1. The fraction of sp³-hybridized carbons (Fsp3) is 0.400. The normalized spacial score (nSPS) is 12.8. The predicted octanol–water partition coefficient (Wildman–Crippen LogP) is 1.19. The Balaban J connectivity index is 0.000000396. The average Bonchev–Trinajstić information content (AvgIpc) is 2.22. The minimum atomic E-state index is 1.09.